The van der Waals surface area contributed by atoms with Crippen LogP contribution in [0.1, 0.15) is 5.69 Å². The Balaban J connectivity index is 1.54. The minimum absolute atomic E-state index is 0.0231. The molecule has 14 nitrogen and oxygen atoms in total. The van der Waals surface area contributed by atoms with Gasteiger partial charge < -0.3 is 34.6 Å². The minimum atomic E-state index is -4.27. The van der Waals surface area contributed by atoms with E-state index >= 15 is 0 Å². The van der Waals surface area contributed by atoms with Crippen molar-refractivity contribution in [1.29, 1.82) is 0 Å². The molecule has 0 spiro atoms. The summed E-state index contributed by atoms with van der Waals surface area (Å²) in [4.78, 5) is 16.4. The molecule has 1 fully saturated rings. The van der Waals surface area contributed by atoms with Gasteiger partial charge in [-0.1, -0.05) is 28.1 Å². The molecule has 216 valence electrons. The lowest BCUT2D eigenvalue weighted by Gasteiger charge is -2.39. The van der Waals surface area contributed by atoms with Crippen LogP contribution in [0.5, 0.6) is 11.9 Å². The van der Waals surface area contributed by atoms with Crippen molar-refractivity contribution in [2.24, 2.45) is 0 Å². The quantitative estimate of drug-likeness (QED) is 0.168. The summed E-state index contributed by atoms with van der Waals surface area (Å²) in [6.07, 6.45) is -3.88. The standard InChI is InChI=1S/C23H25Br2N5O9S/c24-13-3-1-12(2-4-13)17-15(10-40(35,36)30-22-20(34)19(33)18(32)16(9-31)39-22)28-11-29-21(17)37-5-6-38-23-26-7-14(25)8-27-23/h1-4,7-8,11,16,18-20,22,30-34H,5-6,9-10H2. The molecule has 5 N–H and O–H groups in total. The van der Waals surface area contributed by atoms with E-state index in [1.165, 1.54) is 12.4 Å². The molecule has 1 aliphatic heterocycles. The van der Waals surface area contributed by atoms with Crippen LogP contribution in [0.4, 0.5) is 0 Å². The maximum atomic E-state index is 13.1. The molecule has 0 bridgehead atoms. The van der Waals surface area contributed by atoms with E-state index in [0.29, 0.717) is 15.6 Å². The lowest BCUT2D eigenvalue weighted by Crippen LogP contribution is -2.63. The molecule has 5 atom stereocenters. The fraction of sp³-hybridized carbons (Fsp3) is 0.391. The summed E-state index contributed by atoms with van der Waals surface area (Å²) >= 11 is 6.61. The zero-order valence-electron chi connectivity index (χ0n) is 20.5. The number of ether oxygens (including phenoxy) is 3. The predicted octanol–water partition coefficient (Wildman–Crippen LogP) is 0.136. The number of benzene rings is 1. The number of hydrogen-bond acceptors (Lipinski definition) is 13. The van der Waals surface area contributed by atoms with Crippen molar-refractivity contribution in [2.45, 2.75) is 36.4 Å². The number of halogens is 2. The average Bonchev–Trinajstić information content (AvgIpc) is 2.93. The first-order chi connectivity index (χ1) is 19.1. The van der Waals surface area contributed by atoms with Gasteiger partial charge >= 0.3 is 6.01 Å². The molecule has 40 heavy (non-hydrogen) atoms. The molecule has 5 unspecified atom stereocenters. The molecule has 3 aromatic rings. The van der Waals surface area contributed by atoms with Crippen LogP contribution in [-0.4, -0.2) is 99.2 Å². The van der Waals surface area contributed by atoms with Gasteiger partial charge in [0.1, 0.15) is 55.9 Å². The highest BCUT2D eigenvalue weighted by Crippen LogP contribution is 2.33. The molecule has 3 heterocycles. The summed E-state index contributed by atoms with van der Waals surface area (Å²) in [5, 5.41) is 39.6. The lowest BCUT2D eigenvalue weighted by atomic mass is 9.99. The van der Waals surface area contributed by atoms with Crippen molar-refractivity contribution in [2.75, 3.05) is 19.8 Å². The van der Waals surface area contributed by atoms with E-state index in [9.17, 15) is 28.8 Å². The third kappa shape index (κ3) is 7.68. The smallest absolute Gasteiger partial charge is 0.316 e. The first-order valence-corrected chi connectivity index (χ1v) is 14.9. The van der Waals surface area contributed by atoms with E-state index in [4.69, 9.17) is 14.2 Å². The summed E-state index contributed by atoms with van der Waals surface area (Å²) in [7, 11) is -4.27. The van der Waals surface area contributed by atoms with Crippen LogP contribution in [0.2, 0.25) is 0 Å². The molecule has 1 aliphatic rings. The number of sulfonamides is 1. The van der Waals surface area contributed by atoms with Crippen molar-refractivity contribution in [3.63, 3.8) is 0 Å². The number of rotatable bonds is 11. The average molecular weight is 707 g/mol. The Hall–Kier alpha value is -2.35. The lowest BCUT2D eigenvalue weighted by molar-refractivity contribution is -0.231. The number of aliphatic hydroxyl groups excluding tert-OH is 4. The van der Waals surface area contributed by atoms with Gasteiger partial charge in [0, 0.05) is 16.9 Å². The Bertz CT molecular complexity index is 1380. The molecule has 2 aromatic heterocycles. The normalized spacial score (nSPS) is 23.1. The maximum absolute atomic E-state index is 13.1. The first-order valence-electron chi connectivity index (χ1n) is 11.7. The number of hydrogen-bond donors (Lipinski definition) is 5. The van der Waals surface area contributed by atoms with Gasteiger partial charge in [0.05, 0.1) is 22.3 Å². The molecule has 0 radical (unpaired) electrons. The van der Waals surface area contributed by atoms with Crippen molar-refractivity contribution < 1.29 is 43.1 Å². The summed E-state index contributed by atoms with van der Waals surface area (Å²) < 4.78 is 46.5. The van der Waals surface area contributed by atoms with Gasteiger partial charge in [-0.3, -0.25) is 0 Å². The number of nitrogens with zero attached hydrogens (tertiary/aromatic N) is 4. The van der Waals surface area contributed by atoms with Gasteiger partial charge in [0.25, 0.3) is 0 Å². The number of aromatic nitrogens is 4. The third-order valence-corrected chi connectivity index (χ3v) is 7.87. The van der Waals surface area contributed by atoms with E-state index in [-0.39, 0.29) is 30.8 Å². The van der Waals surface area contributed by atoms with E-state index < -0.39 is 53.0 Å². The summed E-state index contributed by atoms with van der Waals surface area (Å²) in [6.45, 7) is -0.617. The van der Waals surface area contributed by atoms with Crippen LogP contribution in [-0.2, 0) is 20.5 Å². The number of aliphatic hydroxyl groups is 4. The summed E-state index contributed by atoms with van der Waals surface area (Å²) in [6, 6.07) is 7.11. The van der Waals surface area contributed by atoms with E-state index in [2.05, 4.69) is 56.5 Å². The van der Waals surface area contributed by atoms with Crippen LogP contribution in [0.15, 0.2) is 51.9 Å². The third-order valence-electron chi connectivity index (χ3n) is 5.69. The van der Waals surface area contributed by atoms with Gasteiger partial charge in [0.15, 0.2) is 0 Å². The van der Waals surface area contributed by atoms with Crippen LogP contribution in [0.3, 0.4) is 0 Å². The predicted molar refractivity (Wildman–Crippen MR) is 145 cm³/mol. The SMILES string of the molecule is O=S(=O)(Cc1ncnc(OCCOc2ncc(Br)cn2)c1-c1ccc(Br)cc1)NC1OC(CO)C(O)C(O)C1O. The molecule has 1 saturated heterocycles. The Morgan fingerprint density at radius 1 is 0.900 bits per heavy atom. The fourth-order valence-corrected chi connectivity index (χ4v) is 5.45. The fourth-order valence-electron chi connectivity index (χ4n) is 3.77. The first kappa shape index (κ1) is 30.6. The van der Waals surface area contributed by atoms with E-state index in [1.54, 1.807) is 24.3 Å². The van der Waals surface area contributed by atoms with Gasteiger partial charge in [-0.25, -0.2) is 28.4 Å². The van der Waals surface area contributed by atoms with Gasteiger partial charge in [-0.15, -0.1) is 0 Å². The highest BCUT2D eigenvalue weighted by molar-refractivity contribution is 9.10. The maximum Gasteiger partial charge on any atom is 0.316 e. The van der Waals surface area contributed by atoms with Crippen molar-refractivity contribution >= 4 is 41.9 Å². The summed E-state index contributed by atoms with van der Waals surface area (Å²) in [5.74, 6) is -0.592. The van der Waals surface area contributed by atoms with Crippen LogP contribution < -0.4 is 14.2 Å². The van der Waals surface area contributed by atoms with Crippen LogP contribution >= 0.6 is 31.9 Å². The van der Waals surface area contributed by atoms with Crippen molar-refractivity contribution in [3.8, 4) is 23.0 Å². The second kappa shape index (κ2) is 13.5. The zero-order chi connectivity index (χ0) is 28.9. The monoisotopic (exact) mass is 705 g/mol. The van der Waals surface area contributed by atoms with Crippen molar-refractivity contribution in [3.05, 3.63) is 57.6 Å². The second-order valence-corrected chi connectivity index (χ2v) is 12.1. The van der Waals surface area contributed by atoms with Gasteiger partial charge in [-0.05, 0) is 33.6 Å². The number of nitrogens with one attached hydrogen (secondary N) is 1. The van der Waals surface area contributed by atoms with Crippen LogP contribution in [0, 0.1) is 0 Å². The molecule has 0 amide bonds. The molecule has 4 rings (SSSR count). The molecular weight excluding hydrogens is 682 g/mol. The van der Waals surface area contributed by atoms with E-state index in [1.807, 2.05) is 0 Å². The molecule has 1 aromatic carbocycles. The minimum Gasteiger partial charge on any atom is -0.474 e. The van der Waals surface area contributed by atoms with Crippen LogP contribution in [0.25, 0.3) is 11.1 Å². The van der Waals surface area contributed by atoms with Gasteiger partial charge in [-0.2, -0.15) is 4.72 Å². The largest absolute Gasteiger partial charge is 0.474 e. The van der Waals surface area contributed by atoms with E-state index in [0.717, 1.165) is 10.8 Å². The van der Waals surface area contributed by atoms with Gasteiger partial charge in [0.2, 0.25) is 15.9 Å². The second-order valence-electron chi connectivity index (χ2n) is 8.51. The highest BCUT2D eigenvalue weighted by Gasteiger charge is 2.44. The summed E-state index contributed by atoms with van der Waals surface area (Å²) in [5.41, 5.74) is 0.935. The molecule has 0 saturated carbocycles. The molecule has 0 aliphatic carbocycles. The zero-order valence-corrected chi connectivity index (χ0v) is 24.5. The molecular formula is C23H25Br2N5O9S. The highest BCUT2D eigenvalue weighted by atomic mass is 79.9. The Morgan fingerprint density at radius 3 is 2.25 bits per heavy atom. The topological polar surface area (TPSA) is 206 Å². The molecule has 17 heteroatoms. The Morgan fingerprint density at radius 2 is 1.57 bits per heavy atom. The van der Waals surface area contributed by atoms with Crippen molar-refractivity contribution in [1.82, 2.24) is 24.7 Å². The Kier molecular flexibility index (Phi) is 10.4. The Labute approximate surface area is 245 Å².